The van der Waals surface area contributed by atoms with Gasteiger partial charge in [0.2, 0.25) is 0 Å². The van der Waals surface area contributed by atoms with Gasteiger partial charge in [0.1, 0.15) is 4.99 Å². The SMILES string of the molecule is CC1CN(c2ccc(Br)cc2C(N)=S)CCN1C. The average molecular weight is 328 g/mol. The number of nitrogens with two attached hydrogens (primary N) is 1. The third kappa shape index (κ3) is 2.84. The summed E-state index contributed by atoms with van der Waals surface area (Å²) in [6.45, 7) is 5.32. The Morgan fingerprint density at radius 3 is 2.78 bits per heavy atom. The average Bonchev–Trinajstić information content (AvgIpc) is 2.32. The van der Waals surface area contributed by atoms with Gasteiger partial charge in [-0.3, -0.25) is 0 Å². The molecule has 1 aromatic carbocycles. The van der Waals surface area contributed by atoms with E-state index in [1.54, 1.807) is 0 Å². The van der Waals surface area contributed by atoms with E-state index in [4.69, 9.17) is 18.0 Å². The highest BCUT2D eigenvalue weighted by Crippen LogP contribution is 2.26. The highest BCUT2D eigenvalue weighted by Gasteiger charge is 2.22. The lowest BCUT2D eigenvalue weighted by Gasteiger charge is -2.39. The van der Waals surface area contributed by atoms with Crippen molar-refractivity contribution in [3.05, 3.63) is 28.2 Å². The molecule has 0 bridgehead atoms. The molecule has 0 amide bonds. The van der Waals surface area contributed by atoms with E-state index in [1.165, 1.54) is 0 Å². The molecule has 1 aromatic rings. The maximum absolute atomic E-state index is 5.83. The molecule has 1 atom stereocenters. The molecule has 5 heteroatoms. The molecule has 0 aromatic heterocycles. The molecule has 0 spiro atoms. The Morgan fingerprint density at radius 2 is 2.17 bits per heavy atom. The molecule has 1 fully saturated rings. The van der Waals surface area contributed by atoms with Gasteiger partial charge in [0.25, 0.3) is 0 Å². The van der Waals surface area contributed by atoms with E-state index in [0.29, 0.717) is 11.0 Å². The summed E-state index contributed by atoms with van der Waals surface area (Å²) in [5, 5.41) is 0. The molecular weight excluding hydrogens is 310 g/mol. The van der Waals surface area contributed by atoms with Crippen LogP contribution in [0.5, 0.6) is 0 Å². The van der Waals surface area contributed by atoms with Crippen LogP contribution in [0.2, 0.25) is 0 Å². The zero-order valence-corrected chi connectivity index (χ0v) is 13.1. The molecule has 0 radical (unpaired) electrons. The zero-order chi connectivity index (χ0) is 13.3. The number of nitrogens with zero attached hydrogens (tertiary/aromatic N) is 2. The number of rotatable bonds is 2. The normalized spacial score (nSPS) is 21.1. The fraction of sp³-hybridized carbons (Fsp3) is 0.462. The van der Waals surface area contributed by atoms with Crippen LogP contribution in [0.25, 0.3) is 0 Å². The van der Waals surface area contributed by atoms with Crippen LogP contribution in [0, 0.1) is 0 Å². The molecule has 2 rings (SSSR count). The third-order valence-electron chi connectivity index (χ3n) is 3.52. The van der Waals surface area contributed by atoms with Gasteiger partial charge in [-0.2, -0.15) is 0 Å². The van der Waals surface area contributed by atoms with Crippen molar-refractivity contribution in [3.8, 4) is 0 Å². The first kappa shape index (κ1) is 13.8. The second-order valence-electron chi connectivity index (χ2n) is 4.80. The van der Waals surface area contributed by atoms with Crippen LogP contribution in [0.1, 0.15) is 12.5 Å². The predicted molar refractivity (Wildman–Crippen MR) is 84.3 cm³/mol. The van der Waals surface area contributed by atoms with Crippen molar-refractivity contribution in [2.75, 3.05) is 31.6 Å². The van der Waals surface area contributed by atoms with Crippen molar-refractivity contribution in [3.63, 3.8) is 0 Å². The smallest absolute Gasteiger partial charge is 0.106 e. The summed E-state index contributed by atoms with van der Waals surface area (Å²) in [7, 11) is 2.16. The summed E-state index contributed by atoms with van der Waals surface area (Å²) in [5.41, 5.74) is 7.92. The molecular formula is C13H18BrN3S. The number of halogens is 1. The van der Waals surface area contributed by atoms with Crippen LogP contribution in [0.3, 0.4) is 0 Å². The number of benzene rings is 1. The standard InChI is InChI=1S/C13H18BrN3S/c1-9-8-17(6-5-16(9)2)12-4-3-10(14)7-11(12)13(15)18/h3-4,7,9H,5-6,8H2,1-2H3,(H2,15,18). The van der Waals surface area contributed by atoms with E-state index in [9.17, 15) is 0 Å². The van der Waals surface area contributed by atoms with Crippen LogP contribution in [0.15, 0.2) is 22.7 Å². The minimum absolute atomic E-state index is 0.456. The van der Waals surface area contributed by atoms with Gasteiger partial charge < -0.3 is 15.5 Å². The van der Waals surface area contributed by atoms with Crippen molar-refractivity contribution < 1.29 is 0 Å². The second-order valence-corrected chi connectivity index (χ2v) is 6.16. The van der Waals surface area contributed by atoms with Crippen molar-refractivity contribution in [2.24, 2.45) is 5.73 Å². The van der Waals surface area contributed by atoms with E-state index >= 15 is 0 Å². The van der Waals surface area contributed by atoms with Crippen molar-refractivity contribution in [1.29, 1.82) is 0 Å². The Bertz CT molecular complexity index is 464. The molecule has 2 N–H and O–H groups in total. The Hall–Kier alpha value is -0.650. The van der Waals surface area contributed by atoms with Gasteiger partial charge in [0.05, 0.1) is 0 Å². The molecule has 1 unspecified atom stereocenters. The first-order chi connectivity index (χ1) is 8.49. The van der Waals surface area contributed by atoms with Crippen molar-refractivity contribution >= 4 is 38.8 Å². The first-order valence-electron chi connectivity index (χ1n) is 6.03. The Balaban J connectivity index is 2.30. The van der Waals surface area contributed by atoms with Gasteiger partial charge in [-0.15, -0.1) is 0 Å². The summed E-state index contributed by atoms with van der Waals surface area (Å²) in [6.07, 6.45) is 0. The van der Waals surface area contributed by atoms with Gasteiger partial charge in [0, 0.05) is 41.4 Å². The lowest BCUT2D eigenvalue weighted by Crippen LogP contribution is -2.50. The fourth-order valence-corrected chi connectivity index (χ4v) is 2.77. The molecule has 1 saturated heterocycles. The van der Waals surface area contributed by atoms with Crippen LogP contribution < -0.4 is 10.6 Å². The van der Waals surface area contributed by atoms with Gasteiger partial charge in [-0.1, -0.05) is 28.1 Å². The van der Waals surface area contributed by atoms with Crippen LogP contribution in [-0.4, -0.2) is 42.6 Å². The minimum Gasteiger partial charge on any atom is -0.389 e. The Kier molecular flexibility index (Phi) is 4.25. The summed E-state index contributed by atoms with van der Waals surface area (Å²) in [5.74, 6) is 0. The van der Waals surface area contributed by atoms with Crippen LogP contribution >= 0.6 is 28.1 Å². The molecule has 1 aliphatic rings. The summed E-state index contributed by atoms with van der Waals surface area (Å²) < 4.78 is 1.01. The van der Waals surface area contributed by atoms with E-state index in [2.05, 4.69) is 45.8 Å². The molecule has 98 valence electrons. The molecule has 1 heterocycles. The van der Waals surface area contributed by atoms with Gasteiger partial charge in [-0.25, -0.2) is 0 Å². The minimum atomic E-state index is 0.456. The Labute approximate surface area is 122 Å². The van der Waals surface area contributed by atoms with Gasteiger partial charge >= 0.3 is 0 Å². The molecule has 18 heavy (non-hydrogen) atoms. The lowest BCUT2D eigenvalue weighted by atomic mass is 10.1. The van der Waals surface area contributed by atoms with Gasteiger partial charge in [-0.05, 0) is 32.2 Å². The third-order valence-corrected chi connectivity index (χ3v) is 4.24. The topological polar surface area (TPSA) is 32.5 Å². The number of piperazine rings is 1. The number of hydrogen-bond acceptors (Lipinski definition) is 3. The second kappa shape index (κ2) is 5.55. The molecule has 3 nitrogen and oxygen atoms in total. The summed E-state index contributed by atoms with van der Waals surface area (Å²) >= 11 is 8.62. The van der Waals surface area contributed by atoms with E-state index in [0.717, 1.165) is 35.4 Å². The van der Waals surface area contributed by atoms with E-state index < -0.39 is 0 Å². The first-order valence-corrected chi connectivity index (χ1v) is 7.23. The van der Waals surface area contributed by atoms with Crippen LogP contribution in [0.4, 0.5) is 5.69 Å². The maximum atomic E-state index is 5.83. The number of anilines is 1. The predicted octanol–water partition coefficient (Wildman–Crippen LogP) is 2.22. The van der Waals surface area contributed by atoms with Gasteiger partial charge in [0.15, 0.2) is 0 Å². The maximum Gasteiger partial charge on any atom is 0.106 e. The van der Waals surface area contributed by atoms with Crippen LogP contribution in [-0.2, 0) is 0 Å². The lowest BCUT2D eigenvalue weighted by molar-refractivity contribution is 0.234. The zero-order valence-electron chi connectivity index (χ0n) is 10.7. The largest absolute Gasteiger partial charge is 0.389 e. The Morgan fingerprint density at radius 1 is 1.44 bits per heavy atom. The fourth-order valence-electron chi connectivity index (χ4n) is 2.25. The summed E-state index contributed by atoms with van der Waals surface area (Å²) in [6, 6.07) is 6.68. The molecule has 0 aliphatic carbocycles. The highest BCUT2D eigenvalue weighted by atomic mass is 79.9. The summed E-state index contributed by atoms with van der Waals surface area (Å²) in [4.78, 5) is 5.19. The van der Waals surface area contributed by atoms with E-state index in [-0.39, 0.29) is 0 Å². The van der Waals surface area contributed by atoms with E-state index in [1.807, 2.05) is 12.1 Å². The van der Waals surface area contributed by atoms with Crippen molar-refractivity contribution in [1.82, 2.24) is 4.90 Å². The number of likely N-dealkylation sites (N-methyl/N-ethyl adjacent to an activating group) is 1. The molecule has 0 saturated carbocycles. The quantitative estimate of drug-likeness (QED) is 0.844. The highest BCUT2D eigenvalue weighted by molar-refractivity contribution is 9.10. The van der Waals surface area contributed by atoms with Crippen molar-refractivity contribution in [2.45, 2.75) is 13.0 Å². The monoisotopic (exact) mass is 327 g/mol. The number of thiocarbonyl (C=S) groups is 1. The number of hydrogen-bond donors (Lipinski definition) is 1. The molecule has 1 aliphatic heterocycles.